The lowest BCUT2D eigenvalue weighted by atomic mass is 10.3. The van der Waals surface area contributed by atoms with E-state index in [0.29, 0.717) is 0 Å². The average Bonchev–Trinajstić information content (AvgIpc) is 2.81. The predicted molar refractivity (Wildman–Crippen MR) is 71.2 cm³/mol. The normalized spacial score (nSPS) is 10.6. The van der Waals surface area contributed by atoms with E-state index in [1.165, 1.54) is 0 Å². The van der Waals surface area contributed by atoms with Crippen LogP contribution in [0.1, 0.15) is 0 Å². The van der Waals surface area contributed by atoms with Gasteiger partial charge in [0.25, 0.3) is 0 Å². The summed E-state index contributed by atoms with van der Waals surface area (Å²) in [5.41, 5.74) is 1.73. The molecule has 20 heavy (non-hydrogen) atoms. The summed E-state index contributed by atoms with van der Waals surface area (Å²) in [6.07, 6.45) is 1.62. The molecule has 7 nitrogen and oxygen atoms in total. The summed E-state index contributed by atoms with van der Waals surface area (Å²) in [5, 5.41) is 11.0. The number of aromatic nitrogens is 2. The Morgan fingerprint density at radius 1 is 1.35 bits per heavy atom. The molecule has 0 bridgehead atoms. The van der Waals surface area contributed by atoms with Crippen molar-refractivity contribution in [1.82, 2.24) is 14.9 Å². The molecule has 2 rings (SSSR count). The van der Waals surface area contributed by atoms with Crippen molar-refractivity contribution >= 4 is 22.9 Å². The monoisotopic (exact) mass is 277 g/mol. The van der Waals surface area contributed by atoms with Crippen molar-refractivity contribution in [2.75, 3.05) is 19.8 Å². The van der Waals surface area contributed by atoms with E-state index >= 15 is 0 Å². The number of nitrogens with one attached hydrogen (secondary N) is 1. The largest absolute Gasteiger partial charge is 0.480 e. The molecule has 0 unspecified atom stereocenters. The van der Waals surface area contributed by atoms with E-state index in [4.69, 9.17) is 9.84 Å². The van der Waals surface area contributed by atoms with Crippen molar-refractivity contribution in [2.45, 2.75) is 6.54 Å². The molecule has 0 aliphatic rings. The smallest absolute Gasteiger partial charge is 0.329 e. The van der Waals surface area contributed by atoms with Crippen LogP contribution in [0.25, 0.3) is 11.0 Å². The van der Waals surface area contributed by atoms with E-state index in [-0.39, 0.29) is 32.2 Å². The Labute approximate surface area is 115 Å². The number of aliphatic carboxylic acids is 1. The number of imidazole rings is 1. The van der Waals surface area contributed by atoms with Gasteiger partial charge in [0, 0.05) is 6.54 Å². The summed E-state index contributed by atoms with van der Waals surface area (Å²) in [6, 6.07) is 7.55. The molecule has 0 aliphatic carbocycles. The van der Waals surface area contributed by atoms with Crippen LogP contribution in [0.15, 0.2) is 30.6 Å². The first-order chi connectivity index (χ1) is 9.66. The van der Waals surface area contributed by atoms with E-state index < -0.39 is 5.97 Å². The van der Waals surface area contributed by atoms with Gasteiger partial charge in [-0.05, 0) is 12.1 Å². The number of fused-ring (bicyclic) bond motifs is 1. The third-order valence-electron chi connectivity index (χ3n) is 2.64. The van der Waals surface area contributed by atoms with Crippen molar-refractivity contribution in [2.24, 2.45) is 0 Å². The predicted octanol–water partition coefficient (Wildman–Crippen LogP) is 0.254. The van der Waals surface area contributed by atoms with E-state index in [9.17, 15) is 9.59 Å². The molecule has 2 N–H and O–H groups in total. The van der Waals surface area contributed by atoms with E-state index in [2.05, 4.69) is 10.3 Å². The van der Waals surface area contributed by atoms with Crippen LogP contribution in [-0.2, 0) is 20.9 Å². The fourth-order valence-electron chi connectivity index (χ4n) is 1.77. The Morgan fingerprint density at radius 2 is 2.15 bits per heavy atom. The van der Waals surface area contributed by atoms with Crippen LogP contribution in [0.4, 0.5) is 0 Å². The third kappa shape index (κ3) is 3.79. The summed E-state index contributed by atoms with van der Waals surface area (Å²) in [4.78, 5) is 26.1. The Hall–Kier alpha value is -2.41. The minimum atomic E-state index is -1.03. The molecular formula is C13H15N3O4. The average molecular weight is 277 g/mol. The number of hydrogen-bond acceptors (Lipinski definition) is 4. The maximum absolute atomic E-state index is 11.7. The highest BCUT2D eigenvalue weighted by Crippen LogP contribution is 2.11. The van der Waals surface area contributed by atoms with Gasteiger partial charge in [-0.2, -0.15) is 0 Å². The first-order valence-corrected chi connectivity index (χ1v) is 6.13. The SMILES string of the molecule is O=C(O)COCCNC(=O)Cn1cnc2ccccc21. The van der Waals surface area contributed by atoms with Gasteiger partial charge in [0.15, 0.2) is 0 Å². The van der Waals surface area contributed by atoms with E-state index in [1.807, 2.05) is 24.3 Å². The number of ether oxygens (including phenoxy) is 1. The molecular weight excluding hydrogens is 262 g/mol. The van der Waals surface area contributed by atoms with Crippen LogP contribution in [-0.4, -0.2) is 46.3 Å². The second kappa shape index (κ2) is 6.67. The van der Waals surface area contributed by atoms with Gasteiger partial charge in [0.05, 0.1) is 24.0 Å². The highest BCUT2D eigenvalue weighted by atomic mass is 16.5. The summed E-state index contributed by atoms with van der Waals surface area (Å²) in [6.45, 7) is 0.253. The number of carboxylic acids is 1. The molecule has 1 aromatic carbocycles. The van der Waals surface area contributed by atoms with Gasteiger partial charge >= 0.3 is 5.97 Å². The molecule has 1 aromatic heterocycles. The number of amides is 1. The highest BCUT2D eigenvalue weighted by Gasteiger charge is 2.06. The molecule has 1 amide bonds. The lowest BCUT2D eigenvalue weighted by Gasteiger charge is -2.06. The number of para-hydroxylation sites is 2. The Morgan fingerprint density at radius 3 is 2.95 bits per heavy atom. The number of carbonyl (C=O) groups excluding carboxylic acids is 1. The molecule has 0 atom stereocenters. The zero-order valence-electron chi connectivity index (χ0n) is 10.8. The van der Waals surface area contributed by atoms with Gasteiger partial charge in [0.2, 0.25) is 5.91 Å². The van der Waals surface area contributed by atoms with Crippen molar-refractivity contribution in [3.63, 3.8) is 0 Å². The molecule has 0 aliphatic heterocycles. The number of benzene rings is 1. The standard InChI is InChI=1S/C13H15N3O4/c17-12(14-5-6-20-8-13(18)19)7-16-9-15-10-3-1-2-4-11(10)16/h1-4,9H,5-8H2,(H,14,17)(H,18,19). The summed E-state index contributed by atoms with van der Waals surface area (Å²) < 4.78 is 6.57. The number of carboxylic acid groups (broad SMARTS) is 1. The first kappa shape index (κ1) is 14.0. The maximum Gasteiger partial charge on any atom is 0.329 e. The van der Waals surface area contributed by atoms with Crippen molar-refractivity contribution < 1.29 is 19.4 Å². The van der Waals surface area contributed by atoms with Crippen LogP contribution in [0.2, 0.25) is 0 Å². The third-order valence-corrected chi connectivity index (χ3v) is 2.64. The van der Waals surface area contributed by atoms with Crippen LogP contribution in [0.3, 0.4) is 0 Å². The van der Waals surface area contributed by atoms with Crippen LogP contribution < -0.4 is 5.32 Å². The van der Waals surface area contributed by atoms with Crippen LogP contribution >= 0.6 is 0 Å². The first-order valence-electron chi connectivity index (χ1n) is 6.13. The Balaban J connectivity index is 1.78. The number of rotatable bonds is 7. The second-order valence-corrected chi connectivity index (χ2v) is 4.16. The zero-order chi connectivity index (χ0) is 14.4. The van der Waals surface area contributed by atoms with Crippen molar-refractivity contribution in [3.05, 3.63) is 30.6 Å². The molecule has 0 saturated heterocycles. The zero-order valence-corrected chi connectivity index (χ0v) is 10.8. The van der Waals surface area contributed by atoms with Crippen molar-refractivity contribution in [1.29, 1.82) is 0 Å². The Kier molecular flexibility index (Phi) is 4.67. The quantitative estimate of drug-likeness (QED) is 0.708. The molecule has 2 aromatic rings. The maximum atomic E-state index is 11.7. The Bertz CT molecular complexity index is 608. The van der Waals surface area contributed by atoms with Crippen LogP contribution in [0.5, 0.6) is 0 Å². The van der Waals surface area contributed by atoms with Gasteiger partial charge in [-0.3, -0.25) is 4.79 Å². The molecule has 106 valence electrons. The lowest BCUT2D eigenvalue weighted by Crippen LogP contribution is -2.30. The highest BCUT2D eigenvalue weighted by molar-refractivity contribution is 5.80. The minimum Gasteiger partial charge on any atom is -0.480 e. The number of carbonyl (C=O) groups is 2. The topological polar surface area (TPSA) is 93.5 Å². The number of nitrogens with zero attached hydrogens (tertiary/aromatic N) is 2. The van der Waals surface area contributed by atoms with Gasteiger partial charge in [0.1, 0.15) is 13.2 Å². The fraction of sp³-hybridized carbons (Fsp3) is 0.308. The molecule has 0 fully saturated rings. The molecule has 1 heterocycles. The van der Waals surface area contributed by atoms with Gasteiger partial charge < -0.3 is 19.7 Å². The molecule has 0 saturated carbocycles. The summed E-state index contributed by atoms with van der Waals surface area (Å²) in [5.74, 6) is -1.20. The molecule has 7 heteroatoms. The van der Waals surface area contributed by atoms with Crippen molar-refractivity contribution in [3.8, 4) is 0 Å². The summed E-state index contributed by atoms with van der Waals surface area (Å²) >= 11 is 0. The number of hydrogen-bond donors (Lipinski definition) is 2. The van der Waals surface area contributed by atoms with Gasteiger partial charge in [-0.15, -0.1) is 0 Å². The molecule has 0 spiro atoms. The van der Waals surface area contributed by atoms with E-state index in [1.54, 1.807) is 10.9 Å². The summed E-state index contributed by atoms with van der Waals surface area (Å²) in [7, 11) is 0. The van der Waals surface area contributed by atoms with Gasteiger partial charge in [-0.1, -0.05) is 12.1 Å². The van der Waals surface area contributed by atoms with E-state index in [0.717, 1.165) is 11.0 Å². The second-order valence-electron chi connectivity index (χ2n) is 4.16. The minimum absolute atomic E-state index is 0.166. The van der Waals surface area contributed by atoms with Crippen LogP contribution in [0, 0.1) is 0 Å². The van der Waals surface area contributed by atoms with Gasteiger partial charge in [-0.25, -0.2) is 9.78 Å². The fourth-order valence-corrected chi connectivity index (χ4v) is 1.77. The molecule has 0 radical (unpaired) electrons. The lowest BCUT2D eigenvalue weighted by molar-refractivity contribution is -0.142.